The molecular formula is C14H19ClN4S. The van der Waals surface area contributed by atoms with Crippen LogP contribution >= 0.6 is 22.9 Å². The van der Waals surface area contributed by atoms with Crippen LogP contribution in [0.2, 0.25) is 5.15 Å². The molecule has 0 amide bonds. The third kappa shape index (κ3) is 3.90. The minimum absolute atomic E-state index is 0.123. The molecule has 0 bridgehead atoms. The summed E-state index contributed by atoms with van der Waals surface area (Å²) in [6, 6.07) is 1.76. The normalized spacial score (nSPS) is 13.2. The number of hydrogen-bond acceptors (Lipinski definition) is 5. The van der Waals surface area contributed by atoms with Crippen LogP contribution in [-0.2, 0) is 5.41 Å². The summed E-state index contributed by atoms with van der Waals surface area (Å²) in [5, 5.41) is 6.89. The Morgan fingerprint density at radius 1 is 1.35 bits per heavy atom. The van der Waals surface area contributed by atoms with Crippen LogP contribution in [0.3, 0.4) is 0 Å². The van der Waals surface area contributed by atoms with Crippen LogP contribution < -0.4 is 5.32 Å². The van der Waals surface area contributed by atoms with Crippen molar-refractivity contribution in [1.82, 2.24) is 15.0 Å². The lowest BCUT2D eigenvalue weighted by Crippen LogP contribution is -2.18. The van der Waals surface area contributed by atoms with Gasteiger partial charge in [-0.2, -0.15) is 0 Å². The third-order valence-electron chi connectivity index (χ3n) is 2.83. The van der Waals surface area contributed by atoms with E-state index >= 15 is 0 Å². The standard InChI is InChI=1S/C14H19ClN4S/c1-9(12-16-5-6-20-12)8-17-11-7-10(15)18-13(19-11)14(2,3)4/h5-7,9H,8H2,1-4H3,(H,17,18,19). The minimum atomic E-state index is -0.123. The summed E-state index contributed by atoms with van der Waals surface area (Å²) >= 11 is 7.74. The first-order valence-electron chi connectivity index (χ1n) is 6.54. The van der Waals surface area contributed by atoms with Gasteiger partial charge < -0.3 is 5.32 Å². The van der Waals surface area contributed by atoms with Crippen LogP contribution in [0.25, 0.3) is 0 Å². The van der Waals surface area contributed by atoms with E-state index in [0.717, 1.165) is 23.2 Å². The van der Waals surface area contributed by atoms with Crippen molar-refractivity contribution in [1.29, 1.82) is 0 Å². The SMILES string of the molecule is CC(CNc1cc(Cl)nc(C(C)(C)C)n1)c1nccs1. The van der Waals surface area contributed by atoms with E-state index in [1.165, 1.54) is 0 Å². The van der Waals surface area contributed by atoms with E-state index in [1.54, 1.807) is 17.4 Å². The summed E-state index contributed by atoms with van der Waals surface area (Å²) < 4.78 is 0. The fourth-order valence-corrected chi connectivity index (χ4v) is 2.55. The highest BCUT2D eigenvalue weighted by Crippen LogP contribution is 2.23. The summed E-state index contributed by atoms with van der Waals surface area (Å²) in [5.74, 6) is 1.84. The van der Waals surface area contributed by atoms with Crippen LogP contribution in [0.15, 0.2) is 17.6 Å². The molecule has 0 aromatic carbocycles. The molecule has 6 heteroatoms. The Morgan fingerprint density at radius 3 is 2.70 bits per heavy atom. The molecule has 0 fully saturated rings. The molecule has 1 unspecified atom stereocenters. The number of hydrogen-bond donors (Lipinski definition) is 1. The fraction of sp³-hybridized carbons (Fsp3) is 0.500. The predicted molar refractivity (Wildman–Crippen MR) is 84.8 cm³/mol. The zero-order valence-electron chi connectivity index (χ0n) is 12.1. The van der Waals surface area contributed by atoms with Gasteiger partial charge in [0.05, 0.1) is 5.01 Å². The molecule has 0 spiro atoms. The predicted octanol–water partition coefficient (Wildman–Crippen LogP) is 4.10. The lowest BCUT2D eigenvalue weighted by atomic mass is 9.96. The number of anilines is 1. The van der Waals surface area contributed by atoms with Gasteiger partial charge in [0.1, 0.15) is 16.8 Å². The fourth-order valence-electron chi connectivity index (χ4n) is 1.67. The molecule has 0 radical (unpaired) electrons. The largest absolute Gasteiger partial charge is 0.369 e. The van der Waals surface area contributed by atoms with Crippen molar-refractivity contribution in [2.24, 2.45) is 0 Å². The summed E-state index contributed by atoms with van der Waals surface area (Å²) in [6.07, 6.45) is 1.83. The van der Waals surface area contributed by atoms with Crippen molar-refractivity contribution in [2.75, 3.05) is 11.9 Å². The van der Waals surface area contributed by atoms with E-state index in [2.05, 4.69) is 48.0 Å². The van der Waals surface area contributed by atoms with Gasteiger partial charge in [0, 0.05) is 35.5 Å². The van der Waals surface area contributed by atoms with Crippen molar-refractivity contribution >= 4 is 28.8 Å². The van der Waals surface area contributed by atoms with Gasteiger partial charge in [0.25, 0.3) is 0 Å². The van der Waals surface area contributed by atoms with Gasteiger partial charge in [-0.3, -0.25) is 0 Å². The topological polar surface area (TPSA) is 50.7 Å². The third-order valence-corrected chi connectivity index (χ3v) is 4.03. The van der Waals surface area contributed by atoms with E-state index in [0.29, 0.717) is 11.1 Å². The van der Waals surface area contributed by atoms with E-state index in [4.69, 9.17) is 11.6 Å². The maximum atomic E-state index is 6.07. The Kier molecular flexibility index (Phi) is 4.60. The van der Waals surface area contributed by atoms with E-state index < -0.39 is 0 Å². The average Bonchev–Trinajstić information content (AvgIpc) is 2.88. The van der Waals surface area contributed by atoms with Gasteiger partial charge >= 0.3 is 0 Å². The maximum absolute atomic E-state index is 6.07. The van der Waals surface area contributed by atoms with Crippen LogP contribution in [0, 0.1) is 0 Å². The van der Waals surface area contributed by atoms with Crippen molar-refractivity contribution in [3.8, 4) is 0 Å². The molecule has 0 saturated heterocycles. The van der Waals surface area contributed by atoms with E-state index in [9.17, 15) is 0 Å². The first-order valence-corrected chi connectivity index (χ1v) is 7.80. The second kappa shape index (κ2) is 6.06. The number of rotatable bonds is 4. The summed E-state index contributed by atoms with van der Waals surface area (Å²) in [6.45, 7) is 9.12. The average molecular weight is 311 g/mol. The molecule has 2 rings (SSSR count). The molecule has 108 valence electrons. The monoisotopic (exact) mass is 310 g/mol. The summed E-state index contributed by atoms with van der Waals surface area (Å²) in [4.78, 5) is 13.1. The van der Waals surface area contributed by atoms with E-state index in [-0.39, 0.29) is 5.41 Å². The molecule has 1 N–H and O–H groups in total. The molecule has 1 atom stereocenters. The highest BCUT2D eigenvalue weighted by molar-refractivity contribution is 7.09. The van der Waals surface area contributed by atoms with E-state index in [1.807, 2.05) is 11.6 Å². The number of nitrogens with zero attached hydrogens (tertiary/aromatic N) is 3. The molecular weight excluding hydrogens is 292 g/mol. The quantitative estimate of drug-likeness (QED) is 0.864. The van der Waals surface area contributed by atoms with Crippen LogP contribution in [-0.4, -0.2) is 21.5 Å². The van der Waals surface area contributed by atoms with Gasteiger partial charge in [-0.05, 0) is 0 Å². The number of aromatic nitrogens is 3. The van der Waals surface area contributed by atoms with Crippen molar-refractivity contribution in [2.45, 2.75) is 39.0 Å². The van der Waals surface area contributed by atoms with Gasteiger partial charge in [-0.25, -0.2) is 15.0 Å². The van der Waals surface area contributed by atoms with Gasteiger partial charge in [0.15, 0.2) is 0 Å². The summed E-state index contributed by atoms with van der Waals surface area (Å²) in [5.41, 5.74) is -0.123. The second-order valence-corrected chi connectivity index (χ2v) is 7.12. The molecule has 0 saturated carbocycles. The Morgan fingerprint density at radius 2 is 2.10 bits per heavy atom. The smallest absolute Gasteiger partial charge is 0.137 e. The lowest BCUT2D eigenvalue weighted by Gasteiger charge is -2.18. The van der Waals surface area contributed by atoms with Crippen LogP contribution in [0.4, 0.5) is 5.82 Å². The molecule has 2 aromatic heterocycles. The summed E-state index contributed by atoms with van der Waals surface area (Å²) in [7, 11) is 0. The molecule has 0 aliphatic rings. The van der Waals surface area contributed by atoms with Gasteiger partial charge in [-0.1, -0.05) is 39.3 Å². The van der Waals surface area contributed by atoms with Crippen molar-refractivity contribution in [3.63, 3.8) is 0 Å². The number of nitrogens with one attached hydrogen (secondary N) is 1. The molecule has 2 aromatic rings. The van der Waals surface area contributed by atoms with Gasteiger partial charge in [-0.15, -0.1) is 11.3 Å². The number of thiazole rings is 1. The lowest BCUT2D eigenvalue weighted by molar-refractivity contribution is 0.545. The highest BCUT2D eigenvalue weighted by atomic mass is 35.5. The Hall–Kier alpha value is -1.20. The molecule has 0 aliphatic heterocycles. The van der Waals surface area contributed by atoms with Crippen molar-refractivity contribution < 1.29 is 0 Å². The molecule has 0 aliphatic carbocycles. The Balaban J connectivity index is 2.08. The molecule has 4 nitrogen and oxygen atoms in total. The van der Waals surface area contributed by atoms with Gasteiger partial charge in [0.2, 0.25) is 0 Å². The zero-order valence-corrected chi connectivity index (χ0v) is 13.7. The minimum Gasteiger partial charge on any atom is -0.369 e. The second-order valence-electron chi connectivity index (χ2n) is 5.80. The first kappa shape index (κ1) is 15.2. The van der Waals surface area contributed by atoms with Crippen LogP contribution in [0.1, 0.15) is 44.4 Å². The van der Waals surface area contributed by atoms with Crippen molar-refractivity contribution in [3.05, 3.63) is 33.6 Å². The zero-order chi connectivity index (χ0) is 14.8. The highest BCUT2D eigenvalue weighted by Gasteiger charge is 2.19. The molecule has 20 heavy (non-hydrogen) atoms. The number of halogens is 1. The Labute approximate surface area is 128 Å². The van der Waals surface area contributed by atoms with Crippen LogP contribution in [0.5, 0.6) is 0 Å². The Bertz CT molecular complexity index is 563. The maximum Gasteiger partial charge on any atom is 0.137 e. The molecule has 2 heterocycles. The first-order chi connectivity index (χ1) is 9.36.